The van der Waals surface area contributed by atoms with Crippen LogP contribution >= 0.6 is 0 Å². The van der Waals surface area contributed by atoms with Crippen molar-refractivity contribution in [1.82, 2.24) is 0 Å². The molecule has 0 spiro atoms. The molecule has 0 aromatic carbocycles. The second kappa shape index (κ2) is 17.7. The van der Waals surface area contributed by atoms with E-state index in [2.05, 4.69) is 13.2 Å². The molecule has 0 bridgehead atoms. The minimum Gasteiger partial charge on any atom is -0.466 e. The molecule has 0 amide bonds. The van der Waals surface area contributed by atoms with E-state index in [1.165, 1.54) is 6.92 Å². The van der Waals surface area contributed by atoms with Crippen molar-refractivity contribution < 1.29 is 57.2 Å². The van der Waals surface area contributed by atoms with Crippen LogP contribution in [-0.4, -0.2) is 75.0 Å². The number of rotatable bonds is 17. The molecule has 12 heteroatoms. The van der Waals surface area contributed by atoms with Crippen molar-refractivity contribution in [2.75, 3.05) is 33.0 Å². The summed E-state index contributed by atoms with van der Waals surface area (Å²) in [6.45, 7) is 14.5. The van der Waals surface area contributed by atoms with Gasteiger partial charge in [0.2, 0.25) is 0 Å². The van der Waals surface area contributed by atoms with Gasteiger partial charge in [0.25, 0.3) is 0 Å². The van der Waals surface area contributed by atoms with Crippen LogP contribution < -0.4 is 0 Å². The highest BCUT2D eigenvalue weighted by atomic mass is 16.6. The van der Waals surface area contributed by atoms with Crippen LogP contribution in [0.15, 0.2) is 24.3 Å². The van der Waals surface area contributed by atoms with E-state index in [-0.39, 0.29) is 37.6 Å². The van der Waals surface area contributed by atoms with Crippen LogP contribution in [0, 0.1) is 11.8 Å². The lowest BCUT2D eigenvalue weighted by Crippen LogP contribution is -2.31. The molecule has 0 N–H and O–H groups in total. The molecule has 0 rings (SSSR count). The van der Waals surface area contributed by atoms with Crippen molar-refractivity contribution in [1.29, 1.82) is 0 Å². The first-order valence-corrected chi connectivity index (χ1v) is 11.8. The average Bonchev–Trinajstić information content (AvgIpc) is 2.84. The molecule has 0 saturated heterocycles. The number of hydrogen-bond donors (Lipinski definition) is 0. The Kier molecular flexibility index (Phi) is 15.9. The predicted molar refractivity (Wildman–Crippen MR) is 128 cm³/mol. The van der Waals surface area contributed by atoms with Gasteiger partial charge in [0.15, 0.2) is 0 Å². The molecule has 0 radical (unpaired) electrons. The molecule has 0 aliphatic rings. The molecule has 3 unspecified atom stereocenters. The van der Waals surface area contributed by atoms with E-state index in [4.69, 9.17) is 28.4 Å². The number of carbonyl (C=O) groups is 6. The molecule has 0 aromatic heterocycles. The van der Waals surface area contributed by atoms with E-state index < -0.39 is 73.2 Å². The van der Waals surface area contributed by atoms with E-state index in [0.29, 0.717) is 0 Å². The second-order valence-electron chi connectivity index (χ2n) is 7.49. The van der Waals surface area contributed by atoms with Gasteiger partial charge >= 0.3 is 35.8 Å². The van der Waals surface area contributed by atoms with Crippen molar-refractivity contribution in [3.63, 3.8) is 0 Å². The van der Waals surface area contributed by atoms with Crippen LogP contribution in [0.4, 0.5) is 0 Å². The van der Waals surface area contributed by atoms with Crippen LogP contribution in [0.3, 0.4) is 0 Å². The molecule has 0 saturated carbocycles. The first kappa shape index (κ1) is 33.3. The maximum atomic E-state index is 12.5. The van der Waals surface area contributed by atoms with Crippen molar-refractivity contribution in [3.05, 3.63) is 24.3 Å². The maximum Gasteiger partial charge on any atom is 0.334 e. The fourth-order valence-corrected chi connectivity index (χ4v) is 2.82. The SMILES string of the molecule is C=C(C(=O)OCC(C)OC(=O)C(=C)C(CC(=O)OCC)C(=O)OCC)C(CC(=O)OCC)C(=O)OCC. The second-order valence-corrected chi connectivity index (χ2v) is 7.49. The summed E-state index contributed by atoms with van der Waals surface area (Å²) < 4.78 is 29.7. The van der Waals surface area contributed by atoms with Crippen molar-refractivity contribution in [2.45, 2.75) is 53.6 Å². The van der Waals surface area contributed by atoms with E-state index in [1.807, 2.05) is 0 Å². The molecular formula is C25H36O12. The van der Waals surface area contributed by atoms with Gasteiger partial charge < -0.3 is 28.4 Å². The normalized spacial score (nSPS) is 12.7. The summed E-state index contributed by atoms with van der Waals surface area (Å²) in [6, 6.07) is 0. The summed E-state index contributed by atoms with van der Waals surface area (Å²) >= 11 is 0. The molecule has 3 atom stereocenters. The Morgan fingerprint density at radius 1 is 0.595 bits per heavy atom. The first-order chi connectivity index (χ1) is 17.4. The van der Waals surface area contributed by atoms with Gasteiger partial charge in [0, 0.05) is 11.1 Å². The number of hydrogen-bond acceptors (Lipinski definition) is 12. The molecule has 37 heavy (non-hydrogen) atoms. The Labute approximate surface area is 216 Å². The largest absolute Gasteiger partial charge is 0.466 e. The maximum absolute atomic E-state index is 12.5. The van der Waals surface area contributed by atoms with Crippen LogP contribution in [0.5, 0.6) is 0 Å². The summed E-state index contributed by atoms with van der Waals surface area (Å²) in [6.07, 6.45) is -1.96. The predicted octanol–water partition coefficient (Wildman–Crippen LogP) is 1.84. The molecule has 0 heterocycles. The van der Waals surface area contributed by atoms with Crippen LogP contribution in [0.2, 0.25) is 0 Å². The van der Waals surface area contributed by atoms with Crippen molar-refractivity contribution >= 4 is 35.8 Å². The Morgan fingerprint density at radius 3 is 1.35 bits per heavy atom. The average molecular weight is 529 g/mol. The molecule has 208 valence electrons. The van der Waals surface area contributed by atoms with E-state index in [0.717, 1.165) is 0 Å². The molecular weight excluding hydrogens is 492 g/mol. The minimum absolute atomic E-state index is 0.0136. The van der Waals surface area contributed by atoms with Gasteiger partial charge in [0.05, 0.1) is 51.1 Å². The van der Waals surface area contributed by atoms with E-state index in [1.54, 1.807) is 27.7 Å². The van der Waals surface area contributed by atoms with Gasteiger partial charge in [0.1, 0.15) is 12.7 Å². The number of ether oxygens (including phenoxy) is 6. The van der Waals surface area contributed by atoms with Crippen LogP contribution in [-0.2, 0) is 57.2 Å². The zero-order chi connectivity index (χ0) is 28.5. The quantitative estimate of drug-likeness (QED) is 0.153. The van der Waals surface area contributed by atoms with Gasteiger partial charge in [-0.25, -0.2) is 9.59 Å². The third-order valence-electron chi connectivity index (χ3n) is 4.62. The van der Waals surface area contributed by atoms with Crippen LogP contribution in [0.1, 0.15) is 47.5 Å². The highest BCUT2D eigenvalue weighted by molar-refractivity contribution is 5.97. The first-order valence-electron chi connectivity index (χ1n) is 11.8. The third kappa shape index (κ3) is 12.2. The van der Waals surface area contributed by atoms with Gasteiger partial charge in [-0.1, -0.05) is 13.2 Å². The number of carbonyl (C=O) groups excluding carboxylic acids is 6. The molecule has 12 nitrogen and oxygen atoms in total. The lowest BCUT2D eigenvalue weighted by atomic mass is 9.97. The highest BCUT2D eigenvalue weighted by Gasteiger charge is 2.33. The number of esters is 6. The topological polar surface area (TPSA) is 158 Å². The van der Waals surface area contributed by atoms with Crippen LogP contribution in [0.25, 0.3) is 0 Å². The van der Waals surface area contributed by atoms with Gasteiger partial charge in [-0.2, -0.15) is 0 Å². The lowest BCUT2D eigenvalue weighted by molar-refractivity contribution is -0.159. The molecule has 0 aliphatic carbocycles. The molecule has 0 aromatic rings. The zero-order valence-electron chi connectivity index (χ0n) is 22.0. The van der Waals surface area contributed by atoms with Gasteiger partial charge in [-0.15, -0.1) is 0 Å². The molecule has 0 aliphatic heterocycles. The minimum atomic E-state index is -1.32. The summed E-state index contributed by atoms with van der Waals surface area (Å²) in [4.78, 5) is 73.1. The Hall–Kier alpha value is -3.70. The fourth-order valence-electron chi connectivity index (χ4n) is 2.82. The summed E-state index contributed by atoms with van der Waals surface area (Å²) in [5, 5.41) is 0. The molecule has 0 fully saturated rings. The monoisotopic (exact) mass is 528 g/mol. The van der Waals surface area contributed by atoms with E-state index in [9.17, 15) is 28.8 Å². The van der Waals surface area contributed by atoms with Crippen molar-refractivity contribution in [2.24, 2.45) is 11.8 Å². The summed E-state index contributed by atoms with van der Waals surface area (Å²) in [7, 11) is 0. The van der Waals surface area contributed by atoms with E-state index >= 15 is 0 Å². The Balaban J connectivity index is 5.17. The Bertz CT molecular complexity index is 860. The van der Waals surface area contributed by atoms with Gasteiger partial charge in [-0.3, -0.25) is 19.2 Å². The smallest absolute Gasteiger partial charge is 0.334 e. The summed E-state index contributed by atoms with van der Waals surface area (Å²) in [5.41, 5.74) is -0.683. The lowest BCUT2D eigenvalue weighted by Gasteiger charge is -2.20. The third-order valence-corrected chi connectivity index (χ3v) is 4.62. The highest BCUT2D eigenvalue weighted by Crippen LogP contribution is 2.21. The van der Waals surface area contributed by atoms with Gasteiger partial charge in [-0.05, 0) is 34.6 Å². The zero-order valence-corrected chi connectivity index (χ0v) is 22.0. The Morgan fingerprint density at radius 2 is 0.973 bits per heavy atom. The fraction of sp³-hybridized carbons (Fsp3) is 0.600. The standard InChI is InChI=1S/C25H36O12/c1-8-32-20(26)12-18(24(30)34-10-3)16(6)22(28)36-14-15(5)37-23(29)17(7)19(25(31)35-11-4)13-21(27)33-9-2/h15,18-19H,6-14H2,1-5H3. The summed E-state index contributed by atoms with van der Waals surface area (Å²) in [5.74, 6) is -7.83. The van der Waals surface area contributed by atoms with Crippen molar-refractivity contribution in [3.8, 4) is 0 Å².